The van der Waals surface area contributed by atoms with Gasteiger partial charge in [-0.05, 0) is 51.5 Å². The van der Waals surface area contributed by atoms with E-state index in [0.29, 0.717) is 5.69 Å². The third kappa shape index (κ3) is 7.97. The number of nitrogens with zero attached hydrogens (tertiary/aromatic N) is 2. The molecule has 1 heterocycles. The van der Waals surface area contributed by atoms with Crippen molar-refractivity contribution >= 4 is 29.4 Å². The fourth-order valence-electron chi connectivity index (χ4n) is 2.95. The van der Waals surface area contributed by atoms with E-state index in [4.69, 9.17) is 9.47 Å². The molecule has 1 unspecified atom stereocenters. The lowest BCUT2D eigenvalue weighted by molar-refractivity contribution is 0.0474. The first-order chi connectivity index (χ1) is 15.5. The topological polar surface area (TPSA) is 146 Å². The standard InChI is InChI=1S/C23H29N5O5/c1-14-7-6-8-16(9-14)26-20-19(21(29)30)15(11-24)10-18(28-20)25-12-17(13-32-5)27-22(31)33-23(2,3)4/h6-10,17H,12-13H2,1-5H3,(H,27,31)(H,29,30)(H2,25,26,28). The van der Waals surface area contributed by atoms with Crippen LogP contribution < -0.4 is 16.0 Å². The minimum atomic E-state index is -1.27. The normalized spacial score (nSPS) is 11.8. The molecular weight excluding hydrogens is 426 g/mol. The number of aromatic nitrogens is 1. The summed E-state index contributed by atoms with van der Waals surface area (Å²) in [5.74, 6) is -0.985. The van der Waals surface area contributed by atoms with Gasteiger partial charge in [0.15, 0.2) is 0 Å². The van der Waals surface area contributed by atoms with E-state index in [2.05, 4.69) is 20.9 Å². The molecule has 1 aromatic carbocycles. The van der Waals surface area contributed by atoms with Gasteiger partial charge in [-0.25, -0.2) is 14.6 Å². The van der Waals surface area contributed by atoms with Gasteiger partial charge in [-0.3, -0.25) is 0 Å². The van der Waals surface area contributed by atoms with Crippen LogP contribution in [0, 0.1) is 18.3 Å². The van der Waals surface area contributed by atoms with Crippen molar-refractivity contribution in [1.29, 1.82) is 5.26 Å². The van der Waals surface area contributed by atoms with Gasteiger partial charge in [0.05, 0.1) is 18.2 Å². The maximum atomic E-state index is 12.1. The number of hydrogen-bond donors (Lipinski definition) is 4. The predicted molar refractivity (Wildman–Crippen MR) is 124 cm³/mol. The van der Waals surface area contributed by atoms with Crippen LogP contribution in [0.4, 0.5) is 22.1 Å². The van der Waals surface area contributed by atoms with Crippen molar-refractivity contribution in [2.24, 2.45) is 0 Å². The van der Waals surface area contributed by atoms with Crippen molar-refractivity contribution in [3.05, 3.63) is 47.0 Å². The number of anilines is 3. The summed E-state index contributed by atoms with van der Waals surface area (Å²) < 4.78 is 10.4. The first-order valence-electron chi connectivity index (χ1n) is 10.3. The molecule has 1 aromatic heterocycles. The molecular formula is C23H29N5O5. The van der Waals surface area contributed by atoms with Gasteiger partial charge < -0.3 is 30.5 Å². The lowest BCUT2D eigenvalue weighted by Gasteiger charge is -2.24. The Kier molecular flexibility index (Phi) is 8.59. The van der Waals surface area contributed by atoms with Crippen LogP contribution in [0.2, 0.25) is 0 Å². The molecule has 0 aliphatic rings. The number of pyridine rings is 1. The number of alkyl carbamates (subject to hydrolysis) is 1. The van der Waals surface area contributed by atoms with Crippen LogP contribution in [0.15, 0.2) is 30.3 Å². The van der Waals surface area contributed by atoms with Crippen molar-refractivity contribution < 1.29 is 24.2 Å². The summed E-state index contributed by atoms with van der Waals surface area (Å²) in [6.45, 7) is 7.58. The Bertz CT molecular complexity index is 1040. The summed E-state index contributed by atoms with van der Waals surface area (Å²) in [5.41, 5.74) is 0.669. The maximum Gasteiger partial charge on any atom is 0.408 e. The second-order valence-corrected chi connectivity index (χ2v) is 8.37. The molecule has 0 bridgehead atoms. The summed E-state index contributed by atoms with van der Waals surface area (Å²) in [6.07, 6.45) is -0.597. The van der Waals surface area contributed by atoms with Crippen molar-refractivity contribution in [2.75, 3.05) is 30.9 Å². The molecule has 0 aliphatic carbocycles. The third-order valence-corrected chi connectivity index (χ3v) is 4.25. The molecule has 176 valence electrons. The Hall–Kier alpha value is -3.84. The van der Waals surface area contributed by atoms with Gasteiger partial charge in [0, 0.05) is 19.3 Å². The van der Waals surface area contributed by atoms with Crippen LogP contribution >= 0.6 is 0 Å². The maximum absolute atomic E-state index is 12.1. The van der Waals surface area contributed by atoms with Crippen LogP contribution in [0.5, 0.6) is 0 Å². The smallest absolute Gasteiger partial charge is 0.408 e. The molecule has 0 saturated heterocycles. The number of rotatable bonds is 9. The van der Waals surface area contributed by atoms with Gasteiger partial charge in [0.1, 0.15) is 28.9 Å². The third-order valence-electron chi connectivity index (χ3n) is 4.25. The van der Waals surface area contributed by atoms with Gasteiger partial charge in [0.25, 0.3) is 0 Å². The lowest BCUT2D eigenvalue weighted by atomic mass is 10.1. The average Bonchev–Trinajstić information content (AvgIpc) is 2.70. The fraction of sp³-hybridized carbons (Fsp3) is 0.391. The number of hydrogen-bond acceptors (Lipinski definition) is 8. The van der Waals surface area contributed by atoms with Crippen molar-refractivity contribution in [3.63, 3.8) is 0 Å². The monoisotopic (exact) mass is 455 g/mol. The number of nitrogens with one attached hydrogen (secondary N) is 3. The quantitative estimate of drug-likeness (QED) is 0.445. The molecule has 0 radical (unpaired) electrons. The molecule has 33 heavy (non-hydrogen) atoms. The zero-order chi connectivity index (χ0) is 24.6. The fourth-order valence-corrected chi connectivity index (χ4v) is 2.95. The summed E-state index contributed by atoms with van der Waals surface area (Å²) >= 11 is 0. The molecule has 1 atom stereocenters. The Morgan fingerprint density at radius 3 is 2.58 bits per heavy atom. The van der Waals surface area contributed by atoms with E-state index in [0.717, 1.165) is 5.56 Å². The first-order valence-corrected chi connectivity index (χ1v) is 10.3. The molecule has 0 saturated carbocycles. The molecule has 0 spiro atoms. The number of nitriles is 1. The summed E-state index contributed by atoms with van der Waals surface area (Å²) in [7, 11) is 1.50. The van der Waals surface area contributed by atoms with Crippen molar-refractivity contribution in [1.82, 2.24) is 10.3 Å². The molecule has 10 nitrogen and oxygen atoms in total. The second-order valence-electron chi connectivity index (χ2n) is 8.37. The number of ether oxygens (including phenoxy) is 2. The Balaban J connectivity index is 2.27. The van der Waals surface area contributed by atoms with E-state index in [1.807, 2.05) is 31.2 Å². The summed E-state index contributed by atoms with van der Waals surface area (Å²) in [4.78, 5) is 28.3. The number of carboxylic acids is 1. The van der Waals surface area contributed by atoms with E-state index in [-0.39, 0.29) is 35.9 Å². The van der Waals surface area contributed by atoms with E-state index >= 15 is 0 Å². The molecule has 2 rings (SSSR count). The van der Waals surface area contributed by atoms with Crippen molar-refractivity contribution in [2.45, 2.75) is 39.3 Å². The highest BCUT2D eigenvalue weighted by atomic mass is 16.6. The van der Waals surface area contributed by atoms with Crippen LogP contribution in [0.1, 0.15) is 42.3 Å². The number of aryl methyl sites for hydroxylation is 1. The Morgan fingerprint density at radius 2 is 2.00 bits per heavy atom. The largest absolute Gasteiger partial charge is 0.478 e. The zero-order valence-corrected chi connectivity index (χ0v) is 19.4. The van der Waals surface area contributed by atoms with Gasteiger partial charge in [-0.1, -0.05) is 12.1 Å². The predicted octanol–water partition coefficient (Wildman–Crippen LogP) is 3.66. The first kappa shape index (κ1) is 25.4. The highest BCUT2D eigenvalue weighted by Crippen LogP contribution is 2.25. The minimum absolute atomic E-state index is 0.0260. The van der Waals surface area contributed by atoms with Crippen LogP contribution in [-0.2, 0) is 9.47 Å². The minimum Gasteiger partial charge on any atom is -0.478 e. The molecule has 0 fully saturated rings. The molecule has 10 heteroatoms. The van der Waals surface area contributed by atoms with Crippen molar-refractivity contribution in [3.8, 4) is 6.07 Å². The number of carbonyl (C=O) groups excluding carboxylic acids is 1. The lowest BCUT2D eigenvalue weighted by Crippen LogP contribution is -2.45. The van der Waals surface area contributed by atoms with Gasteiger partial charge in [-0.15, -0.1) is 0 Å². The number of methoxy groups -OCH3 is 1. The summed E-state index contributed by atoms with van der Waals surface area (Å²) in [6, 6.07) is 10.1. The molecule has 4 N–H and O–H groups in total. The number of carboxylic acid groups (broad SMARTS) is 1. The second kappa shape index (κ2) is 11.2. The number of aromatic carboxylic acids is 1. The highest BCUT2D eigenvalue weighted by Gasteiger charge is 2.22. The van der Waals surface area contributed by atoms with Crippen LogP contribution in [0.3, 0.4) is 0 Å². The number of carbonyl (C=O) groups is 2. The van der Waals surface area contributed by atoms with Crippen LogP contribution in [-0.4, -0.2) is 54.1 Å². The molecule has 0 aliphatic heterocycles. The van der Waals surface area contributed by atoms with Gasteiger partial charge >= 0.3 is 12.1 Å². The number of amides is 1. The molecule has 1 amide bonds. The Labute approximate surface area is 192 Å². The van der Waals surface area contributed by atoms with E-state index in [1.54, 1.807) is 26.8 Å². The van der Waals surface area contributed by atoms with Crippen LogP contribution in [0.25, 0.3) is 0 Å². The van der Waals surface area contributed by atoms with E-state index < -0.39 is 23.7 Å². The average molecular weight is 456 g/mol. The van der Waals surface area contributed by atoms with E-state index in [1.165, 1.54) is 13.2 Å². The SMILES string of the molecule is COCC(CNc1cc(C#N)c(C(=O)O)c(Nc2cccc(C)c2)n1)NC(=O)OC(C)(C)C. The summed E-state index contributed by atoms with van der Waals surface area (Å²) in [5, 5.41) is 27.9. The van der Waals surface area contributed by atoms with Gasteiger partial charge in [-0.2, -0.15) is 5.26 Å². The Morgan fingerprint density at radius 1 is 1.27 bits per heavy atom. The zero-order valence-electron chi connectivity index (χ0n) is 19.4. The number of benzene rings is 1. The highest BCUT2D eigenvalue weighted by molar-refractivity contribution is 5.97. The molecule has 2 aromatic rings. The van der Waals surface area contributed by atoms with Gasteiger partial charge in [0.2, 0.25) is 0 Å². The van der Waals surface area contributed by atoms with E-state index in [9.17, 15) is 20.0 Å².